The molecule has 1 aliphatic heterocycles. The summed E-state index contributed by atoms with van der Waals surface area (Å²) < 4.78 is 31.1. The van der Waals surface area contributed by atoms with Crippen molar-refractivity contribution < 1.29 is 23.4 Å². The number of carbonyl (C=O) groups excluding carboxylic acids is 1. The van der Waals surface area contributed by atoms with Gasteiger partial charge in [0.15, 0.2) is 11.6 Å². The van der Waals surface area contributed by atoms with Crippen LogP contribution >= 0.6 is 11.6 Å². The van der Waals surface area contributed by atoms with Crippen LogP contribution in [0.3, 0.4) is 0 Å². The lowest BCUT2D eigenvalue weighted by atomic mass is 9.90. The third-order valence-corrected chi connectivity index (χ3v) is 6.96. The van der Waals surface area contributed by atoms with Gasteiger partial charge in [0.2, 0.25) is 5.95 Å². The molecule has 1 fully saturated rings. The van der Waals surface area contributed by atoms with Crippen LogP contribution in [-0.4, -0.2) is 62.7 Å². The van der Waals surface area contributed by atoms with E-state index in [2.05, 4.69) is 27.2 Å². The Kier molecular flexibility index (Phi) is 8.67. The molecule has 200 valence electrons. The highest BCUT2D eigenvalue weighted by atomic mass is 35.5. The predicted molar refractivity (Wildman–Crippen MR) is 140 cm³/mol. The second-order valence-electron chi connectivity index (χ2n) is 8.88. The van der Waals surface area contributed by atoms with Crippen molar-refractivity contribution in [3.8, 4) is 11.5 Å². The third-order valence-electron chi connectivity index (χ3n) is 6.59. The first-order chi connectivity index (χ1) is 17.9. The van der Waals surface area contributed by atoms with Crippen molar-refractivity contribution in [3.63, 3.8) is 0 Å². The van der Waals surface area contributed by atoms with Crippen LogP contribution in [-0.2, 0) is 11.3 Å². The maximum absolute atomic E-state index is 15.3. The van der Waals surface area contributed by atoms with E-state index in [-0.39, 0.29) is 40.8 Å². The van der Waals surface area contributed by atoms with Gasteiger partial charge in [0, 0.05) is 37.0 Å². The van der Waals surface area contributed by atoms with Crippen molar-refractivity contribution in [3.05, 3.63) is 41.3 Å². The number of methoxy groups -OCH3 is 2. The van der Waals surface area contributed by atoms with Gasteiger partial charge >= 0.3 is 6.03 Å². The molecule has 0 spiro atoms. The van der Waals surface area contributed by atoms with Crippen LogP contribution in [0.5, 0.6) is 11.5 Å². The van der Waals surface area contributed by atoms with Gasteiger partial charge in [0.25, 0.3) is 0 Å². The molecular weight excluding hydrogens is 503 g/mol. The summed E-state index contributed by atoms with van der Waals surface area (Å²) in [5.41, 5.74) is 0.512. The summed E-state index contributed by atoms with van der Waals surface area (Å²) in [6.07, 6.45) is 7.54. The normalized spacial score (nSPS) is 19.4. The van der Waals surface area contributed by atoms with Crippen molar-refractivity contribution in [1.82, 2.24) is 15.3 Å². The Hall–Kier alpha value is -3.15. The first-order valence-corrected chi connectivity index (χ1v) is 12.5. The number of halogens is 2. The highest BCUT2D eigenvalue weighted by Gasteiger charge is 2.36. The molecule has 0 radical (unpaired) electrons. The van der Waals surface area contributed by atoms with Crippen LogP contribution in [0.25, 0.3) is 0 Å². The lowest BCUT2D eigenvalue weighted by Gasteiger charge is -2.36. The van der Waals surface area contributed by atoms with Crippen molar-refractivity contribution >= 4 is 35.1 Å². The lowest BCUT2D eigenvalue weighted by molar-refractivity contribution is 0.123. The second-order valence-corrected chi connectivity index (χ2v) is 9.26. The number of benzene rings is 1. The first kappa shape index (κ1) is 26.9. The zero-order valence-corrected chi connectivity index (χ0v) is 22.0. The SMILES string of the molecule is C=CCOCNC1CCCCC1Nc1ncc2c(n1)N(C)C(=O)N(c1c(F)c(OC)cc(OC)c1Cl)C2. The molecule has 2 aliphatic rings. The molecule has 0 bridgehead atoms. The molecule has 1 aromatic heterocycles. The summed E-state index contributed by atoms with van der Waals surface area (Å²) in [5.74, 6) is 0.214. The van der Waals surface area contributed by atoms with Crippen LogP contribution < -0.4 is 29.9 Å². The molecule has 12 heteroatoms. The minimum absolute atomic E-state index is 0.0278. The number of nitrogens with one attached hydrogen (secondary N) is 2. The lowest BCUT2D eigenvalue weighted by Crippen LogP contribution is -2.48. The summed E-state index contributed by atoms with van der Waals surface area (Å²) in [4.78, 5) is 25.1. The molecule has 4 rings (SSSR count). The van der Waals surface area contributed by atoms with E-state index in [0.29, 0.717) is 30.7 Å². The Morgan fingerprint density at radius 1 is 1.24 bits per heavy atom. The summed E-state index contributed by atoms with van der Waals surface area (Å²) in [6, 6.07) is 1.15. The standard InChI is InChI=1S/C25H32ClFN6O4/c1-5-10-37-14-29-16-8-6-7-9-17(16)30-24-28-12-15-13-33(25(34)32(2)23(15)31-24)22-20(26)18(35-3)11-19(36-4)21(22)27/h5,11-12,16-17,29H,1,6-10,13-14H2,2-4H3,(H,28,30,31). The Morgan fingerprint density at radius 3 is 2.68 bits per heavy atom. The largest absolute Gasteiger partial charge is 0.495 e. The number of aromatic nitrogens is 2. The number of rotatable bonds is 10. The number of nitrogens with zero attached hydrogens (tertiary/aromatic N) is 4. The smallest absolute Gasteiger partial charge is 0.330 e. The Balaban J connectivity index is 1.56. The average Bonchev–Trinajstić information content (AvgIpc) is 2.91. The van der Waals surface area contributed by atoms with Crippen molar-refractivity contribution in [2.45, 2.75) is 44.3 Å². The minimum Gasteiger partial charge on any atom is -0.495 e. The van der Waals surface area contributed by atoms with Gasteiger partial charge < -0.3 is 19.5 Å². The molecule has 0 saturated heterocycles. The number of fused-ring (bicyclic) bond motifs is 1. The van der Waals surface area contributed by atoms with Gasteiger partial charge in [-0.15, -0.1) is 6.58 Å². The maximum Gasteiger partial charge on any atom is 0.330 e. The van der Waals surface area contributed by atoms with E-state index >= 15 is 4.39 Å². The van der Waals surface area contributed by atoms with E-state index in [9.17, 15) is 4.79 Å². The maximum atomic E-state index is 15.3. The molecule has 2 amide bonds. The minimum atomic E-state index is -0.759. The fourth-order valence-corrected chi connectivity index (χ4v) is 5.00. The van der Waals surface area contributed by atoms with Crippen molar-refractivity contribution in [1.29, 1.82) is 0 Å². The molecular formula is C25H32ClFN6O4. The number of ether oxygens (including phenoxy) is 3. The number of amides is 2. The molecule has 1 saturated carbocycles. The Morgan fingerprint density at radius 2 is 1.97 bits per heavy atom. The highest BCUT2D eigenvalue weighted by Crippen LogP contribution is 2.44. The zero-order valence-electron chi connectivity index (χ0n) is 21.2. The summed E-state index contributed by atoms with van der Waals surface area (Å²) in [6.45, 7) is 4.61. The second kappa shape index (κ2) is 11.9. The third kappa shape index (κ3) is 5.58. The molecule has 37 heavy (non-hydrogen) atoms. The molecule has 2 heterocycles. The van der Waals surface area contributed by atoms with E-state index in [1.54, 1.807) is 19.3 Å². The quantitative estimate of drug-likeness (QED) is 0.264. The fourth-order valence-electron chi connectivity index (χ4n) is 4.69. The zero-order chi connectivity index (χ0) is 26.5. The molecule has 1 aromatic carbocycles. The highest BCUT2D eigenvalue weighted by molar-refractivity contribution is 6.35. The van der Waals surface area contributed by atoms with Gasteiger partial charge in [-0.05, 0) is 12.8 Å². The van der Waals surface area contributed by atoms with Gasteiger partial charge in [-0.25, -0.2) is 14.2 Å². The molecule has 2 N–H and O–H groups in total. The summed E-state index contributed by atoms with van der Waals surface area (Å²) in [5, 5.41) is 6.82. The van der Waals surface area contributed by atoms with Crippen LogP contribution in [0.15, 0.2) is 24.9 Å². The van der Waals surface area contributed by atoms with Gasteiger partial charge in [-0.1, -0.05) is 30.5 Å². The Labute approximate surface area is 220 Å². The number of hydrogen-bond acceptors (Lipinski definition) is 8. The van der Waals surface area contributed by atoms with Crippen LogP contribution in [0, 0.1) is 5.82 Å². The van der Waals surface area contributed by atoms with E-state index in [0.717, 1.165) is 25.7 Å². The van der Waals surface area contributed by atoms with Gasteiger partial charge in [0.05, 0.1) is 34.1 Å². The monoisotopic (exact) mass is 534 g/mol. The fraction of sp³-hybridized carbons (Fsp3) is 0.480. The van der Waals surface area contributed by atoms with Crippen molar-refractivity contribution in [2.75, 3.05) is 49.7 Å². The molecule has 2 unspecified atom stereocenters. The van der Waals surface area contributed by atoms with Gasteiger partial charge in [0.1, 0.15) is 22.3 Å². The van der Waals surface area contributed by atoms with E-state index in [1.165, 1.54) is 30.1 Å². The molecule has 2 atom stereocenters. The van der Waals surface area contributed by atoms with E-state index < -0.39 is 11.8 Å². The number of carbonyl (C=O) groups is 1. The predicted octanol–water partition coefficient (Wildman–Crippen LogP) is 4.34. The average molecular weight is 535 g/mol. The Bertz CT molecular complexity index is 1120. The van der Waals surface area contributed by atoms with E-state index in [1.807, 2.05) is 0 Å². The number of hydrogen-bond donors (Lipinski definition) is 2. The number of anilines is 3. The van der Waals surface area contributed by atoms with Crippen LogP contribution in [0.2, 0.25) is 5.02 Å². The van der Waals surface area contributed by atoms with Crippen molar-refractivity contribution in [2.24, 2.45) is 0 Å². The molecule has 1 aliphatic carbocycles. The van der Waals surface area contributed by atoms with Crippen LogP contribution in [0.4, 0.5) is 26.6 Å². The van der Waals surface area contributed by atoms with Gasteiger partial charge in [-0.2, -0.15) is 4.98 Å². The summed E-state index contributed by atoms with van der Waals surface area (Å²) >= 11 is 6.42. The molecule has 2 aromatic rings. The first-order valence-electron chi connectivity index (χ1n) is 12.1. The number of urea groups is 1. The topological polar surface area (TPSA) is 101 Å². The summed E-state index contributed by atoms with van der Waals surface area (Å²) in [7, 11) is 4.32. The van der Waals surface area contributed by atoms with Gasteiger partial charge in [-0.3, -0.25) is 15.1 Å². The molecule has 10 nitrogen and oxygen atoms in total. The van der Waals surface area contributed by atoms with Crippen LogP contribution in [0.1, 0.15) is 31.2 Å². The van der Waals surface area contributed by atoms with E-state index in [4.69, 9.17) is 25.8 Å².